The summed E-state index contributed by atoms with van der Waals surface area (Å²) in [5, 5.41) is 3.27. The zero-order valence-electron chi connectivity index (χ0n) is 14.6. The molecule has 6 nitrogen and oxygen atoms in total. The van der Waals surface area contributed by atoms with Gasteiger partial charge >= 0.3 is 0 Å². The van der Waals surface area contributed by atoms with Gasteiger partial charge in [-0.3, -0.25) is 15.6 Å². The number of hydrazine groups is 1. The Labute approximate surface area is 153 Å². The summed E-state index contributed by atoms with van der Waals surface area (Å²) >= 11 is 5.10. The van der Waals surface area contributed by atoms with E-state index >= 15 is 0 Å². The van der Waals surface area contributed by atoms with Crippen molar-refractivity contribution in [2.75, 3.05) is 19.6 Å². The summed E-state index contributed by atoms with van der Waals surface area (Å²) in [5.41, 5.74) is 6.17. The van der Waals surface area contributed by atoms with Crippen LogP contribution >= 0.6 is 12.2 Å². The number of carbonyl (C=O) groups excluding carboxylic acids is 1. The van der Waals surface area contributed by atoms with Crippen molar-refractivity contribution in [2.24, 2.45) is 0 Å². The number of hydrogen-bond donors (Lipinski definition) is 4. The van der Waals surface area contributed by atoms with Crippen LogP contribution in [-0.4, -0.2) is 42.9 Å². The number of nitrogens with one attached hydrogen (secondary N) is 4. The standard InChI is InChI=1S/C17H25FN4O2S/c1-12-10-22(11-13(2)24-12)8-7-16(23)20-21-17(25)19-9-14-3-5-15(18)6-4-14/h3-6,12-13H,7-11H2,1-2H3,(H,20,23)(H2,19,21,25)/p+1/t12-,13-/m1/s1. The van der Waals surface area contributed by atoms with Crippen LogP contribution in [0.1, 0.15) is 25.8 Å². The predicted octanol–water partition coefficient (Wildman–Crippen LogP) is -0.0968. The topological polar surface area (TPSA) is 66.8 Å². The SMILES string of the molecule is C[C@@H]1C[NH+](CCC(=O)NNC(=S)NCc2ccc(F)cc2)C[C@@H](C)O1. The molecule has 2 atom stereocenters. The molecule has 1 saturated heterocycles. The molecule has 4 N–H and O–H groups in total. The van der Waals surface area contributed by atoms with E-state index in [0.29, 0.717) is 18.1 Å². The highest BCUT2D eigenvalue weighted by Gasteiger charge is 2.25. The van der Waals surface area contributed by atoms with E-state index < -0.39 is 0 Å². The van der Waals surface area contributed by atoms with Crippen molar-refractivity contribution in [3.63, 3.8) is 0 Å². The Kier molecular flexibility index (Phi) is 7.54. The normalized spacial score (nSPS) is 22.9. The van der Waals surface area contributed by atoms with E-state index in [0.717, 1.165) is 25.2 Å². The zero-order chi connectivity index (χ0) is 18.2. The molecule has 0 radical (unpaired) electrons. The molecule has 1 aliphatic rings. The second-order valence-corrected chi connectivity index (χ2v) is 6.81. The molecule has 138 valence electrons. The smallest absolute Gasteiger partial charge is 0.244 e. The summed E-state index contributed by atoms with van der Waals surface area (Å²) in [5.74, 6) is -0.381. The van der Waals surface area contributed by atoms with Crippen LogP contribution < -0.4 is 21.1 Å². The Morgan fingerprint density at radius 1 is 1.24 bits per heavy atom. The van der Waals surface area contributed by atoms with Crippen LogP contribution in [0.15, 0.2) is 24.3 Å². The van der Waals surface area contributed by atoms with Gasteiger partial charge < -0.3 is 15.0 Å². The summed E-state index contributed by atoms with van der Waals surface area (Å²) in [6, 6.07) is 6.14. The molecular formula is C17H26FN4O2S+. The van der Waals surface area contributed by atoms with E-state index in [1.54, 1.807) is 12.1 Å². The Hall–Kier alpha value is -1.77. The largest absolute Gasteiger partial charge is 0.364 e. The van der Waals surface area contributed by atoms with Crippen LogP contribution in [0.5, 0.6) is 0 Å². The lowest BCUT2D eigenvalue weighted by atomic mass is 10.2. The van der Waals surface area contributed by atoms with Crippen molar-refractivity contribution in [3.8, 4) is 0 Å². The van der Waals surface area contributed by atoms with Crippen molar-refractivity contribution in [2.45, 2.75) is 39.0 Å². The van der Waals surface area contributed by atoms with Crippen molar-refractivity contribution in [1.29, 1.82) is 0 Å². The maximum atomic E-state index is 12.8. The molecule has 0 spiro atoms. The number of quaternary nitrogens is 1. The fourth-order valence-corrected chi connectivity index (χ4v) is 3.02. The molecule has 0 aliphatic carbocycles. The summed E-state index contributed by atoms with van der Waals surface area (Å²) in [6.45, 7) is 7.17. The first-order valence-electron chi connectivity index (χ1n) is 8.48. The minimum absolute atomic E-state index is 0.106. The number of benzene rings is 1. The third-order valence-electron chi connectivity index (χ3n) is 4.00. The van der Waals surface area contributed by atoms with Gasteiger partial charge in [-0.2, -0.15) is 0 Å². The van der Waals surface area contributed by atoms with Crippen molar-refractivity contribution >= 4 is 23.2 Å². The zero-order valence-corrected chi connectivity index (χ0v) is 15.4. The second-order valence-electron chi connectivity index (χ2n) is 6.40. The highest BCUT2D eigenvalue weighted by molar-refractivity contribution is 7.80. The highest BCUT2D eigenvalue weighted by atomic mass is 32.1. The van der Waals surface area contributed by atoms with Gasteiger partial charge in [0.2, 0.25) is 5.91 Å². The summed E-state index contributed by atoms with van der Waals surface area (Å²) in [6.07, 6.45) is 0.869. The summed E-state index contributed by atoms with van der Waals surface area (Å²) in [4.78, 5) is 13.3. The van der Waals surface area contributed by atoms with Crippen LogP contribution in [0.3, 0.4) is 0 Å². The number of thiocarbonyl (C=S) groups is 1. The first kappa shape index (κ1) is 19.6. The van der Waals surface area contributed by atoms with Crippen molar-refractivity contribution in [3.05, 3.63) is 35.6 Å². The van der Waals surface area contributed by atoms with E-state index in [4.69, 9.17) is 17.0 Å². The van der Waals surface area contributed by atoms with Gasteiger partial charge in [-0.05, 0) is 43.8 Å². The van der Waals surface area contributed by atoms with Gasteiger partial charge in [-0.15, -0.1) is 0 Å². The van der Waals surface area contributed by atoms with Crippen molar-refractivity contribution in [1.82, 2.24) is 16.2 Å². The molecule has 1 fully saturated rings. The lowest BCUT2D eigenvalue weighted by molar-refractivity contribution is -0.914. The first-order chi connectivity index (χ1) is 11.9. The van der Waals surface area contributed by atoms with E-state index in [9.17, 15) is 9.18 Å². The lowest BCUT2D eigenvalue weighted by Gasteiger charge is -2.32. The maximum Gasteiger partial charge on any atom is 0.244 e. The summed E-state index contributed by atoms with van der Waals surface area (Å²) in [7, 11) is 0. The number of ether oxygens (including phenoxy) is 1. The van der Waals surface area contributed by atoms with E-state index in [1.165, 1.54) is 17.0 Å². The van der Waals surface area contributed by atoms with Gasteiger partial charge in [0.15, 0.2) is 5.11 Å². The van der Waals surface area contributed by atoms with Crippen LogP contribution in [-0.2, 0) is 16.1 Å². The molecule has 1 amide bonds. The molecule has 0 unspecified atom stereocenters. The number of rotatable bonds is 5. The Morgan fingerprint density at radius 3 is 2.52 bits per heavy atom. The molecule has 8 heteroatoms. The quantitative estimate of drug-likeness (QED) is 0.431. The minimum Gasteiger partial charge on any atom is -0.364 e. The molecule has 0 bridgehead atoms. The van der Waals surface area contributed by atoms with Gasteiger partial charge in [0.05, 0.1) is 13.0 Å². The molecule has 1 aromatic rings. The molecule has 1 aromatic carbocycles. The van der Waals surface area contributed by atoms with Crippen LogP contribution in [0.25, 0.3) is 0 Å². The number of amides is 1. The number of morpholine rings is 1. The van der Waals surface area contributed by atoms with Crippen LogP contribution in [0.4, 0.5) is 4.39 Å². The maximum absolute atomic E-state index is 12.8. The first-order valence-corrected chi connectivity index (χ1v) is 8.89. The molecule has 1 heterocycles. The van der Waals surface area contributed by atoms with Gasteiger partial charge in [0.1, 0.15) is 31.1 Å². The number of halogens is 1. The number of hydrogen-bond acceptors (Lipinski definition) is 3. The molecule has 2 rings (SSSR count). The average Bonchev–Trinajstić information content (AvgIpc) is 2.57. The molecular weight excluding hydrogens is 343 g/mol. The lowest BCUT2D eigenvalue weighted by Crippen LogP contribution is -3.15. The minimum atomic E-state index is -0.275. The van der Waals surface area contributed by atoms with Crippen LogP contribution in [0, 0.1) is 5.82 Å². The van der Waals surface area contributed by atoms with Gasteiger partial charge in [-0.25, -0.2) is 4.39 Å². The van der Waals surface area contributed by atoms with E-state index in [2.05, 4.69) is 30.0 Å². The third kappa shape index (κ3) is 7.33. The van der Waals surface area contributed by atoms with E-state index in [-0.39, 0.29) is 23.9 Å². The molecule has 0 saturated carbocycles. The highest BCUT2D eigenvalue weighted by Crippen LogP contribution is 2.01. The Balaban J connectivity index is 1.60. The number of carbonyl (C=O) groups is 1. The monoisotopic (exact) mass is 369 g/mol. The molecule has 0 aromatic heterocycles. The molecule has 25 heavy (non-hydrogen) atoms. The fraction of sp³-hybridized carbons (Fsp3) is 0.529. The van der Waals surface area contributed by atoms with Gasteiger partial charge in [0, 0.05) is 6.54 Å². The van der Waals surface area contributed by atoms with Gasteiger partial charge in [-0.1, -0.05) is 12.1 Å². The fourth-order valence-electron chi connectivity index (χ4n) is 2.90. The Bertz CT molecular complexity index is 575. The molecule has 1 aliphatic heterocycles. The third-order valence-corrected chi connectivity index (χ3v) is 4.25. The Morgan fingerprint density at radius 2 is 1.88 bits per heavy atom. The average molecular weight is 369 g/mol. The van der Waals surface area contributed by atoms with E-state index in [1.807, 2.05) is 0 Å². The van der Waals surface area contributed by atoms with Crippen LogP contribution in [0.2, 0.25) is 0 Å². The summed E-state index contributed by atoms with van der Waals surface area (Å²) < 4.78 is 18.5. The van der Waals surface area contributed by atoms with Gasteiger partial charge in [0.25, 0.3) is 0 Å². The predicted molar refractivity (Wildman–Crippen MR) is 97.3 cm³/mol. The second kappa shape index (κ2) is 9.65. The van der Waals surface area contributed by atoms with Crippen molar-refractivity contribution < 1.29 is 18.8 Å².